The van der Waals surface area contributed by atoms with Crippen LogP contribution in [0, 0.1) is 6.92 Å². The Labute approximate surface area is 100 Å². The monoisotopic (exact) mass is 232 g/mol. The minimum absolute atomic E-state index is 0.733. The first kappa shape index (κ1) is 11.5. The number of anilines is 1. The van der Waals surface area contributed by atoms with E-state index in [1.807, 2.05) is 31.7 Å². The highest BCUT2D eigenvalue weighted by Crippen LogP contribution is 2.22. The van der Waals surface area contributed by atoms with Gasteiger partial charge in [0.2, 0.25) is 5.95 Å². The Hall–Kier alpha value is -1.98. The van der Waals surface area contributed by atoms with Crippen molar-refractivity contribution in [3.05, 3.63) is 17.5 Å². The van der Waals surface area contributed by atoms with Crippen molar-refractivity contribution in [2.24, 2.45) is 7.05 Å². The van der Waals surface area contributed by atoms with Gasteiger partial charge in [0.25, 0.3) is 0 Å². The van der Waals surface area contributed by atoms with Gasteiger partial charge in [-0.05, 0) is 19.4 Å². The molecule has 17 heavy (non-hydrogen) atoms. The summed E-state index contributed by atoms with van der Waals surface area (Å²) in [6.07, 6.45) is 0.824. The van der Waals surface area contributed by atoms with Crippen LogP contribution in [0.2, 0.25) is 0 Å². The Kier molecular flexibility index (Phi) is 3.03. The molecule has 0 aromatic carbocycles. The molecule has 2 aromatic rings. The maximum absolute atomic E-state index is 4.20. The number of rotatable bonds is 3. The molecule has 0 spiro atoms. The van der Waals surface area contributed by atoms with Gasteiger partial charge in [0.05, 0.1) is 11.4 Å². The lowest BCUT2D eigenvalue weighted by atomic mass is 10.1. The fourth-order valence-corrected chi connectivity index (χ4v) is 1.75. The summed E-state index contributed by atoms with van der Waals surface area (Å²) in [4.78, 5) is 0. The average molecular weight is 232 g/mol. The third kappa shape index (κ3) is 1.98. The highest BCUT2D eigenvalue weighted by Gasteiger charge is 2.14. The maximum Gasteiger partial charge on any atom is 0.224 e. The SMILES string of the molecule is CCc1nnc(C)cc1-c1nnc(NC)n1C. The van der Waals surface area contributed by atoms with Crippen LogP contribution in [0.15, 0.2) is 6.07 Å². The number of nitrogens with one attached hydrogen (secondary N) is 1. The maximum atomic E-state index is 4.20. The molecular weight excluding hydrogens is 216 g/mol. The Morgan fingerprint density at radius 1 is 1.24 bits per heavy atom. The molecule has 0 atom stereocenters. The number of hydrogen-bond acceptors (Lipinski definition) is 5. The Morgan fingerprint density at radius 3 is 2.59 bits per heavy atom. The van der Waals surface area contributed by atoms with Crippen molar-refractivity contribution >= 4 is 5.95 Å². The van der Waals surface area contributed by atoms with Crippen LogP contribution >= 0.6 is 0 Å². The summed E-state index contributed by atoms with van der Waals surface area (Å²) in [6.45, 7) is 3.98. The van der Waals surface area contributed by atoms with E-state index < -0.39 is 0 Å². The lowest BCUT2D eigenvalue weighted by Gasteiger charge is -2.07. The minimum atomic E-state index is 0.733. The van der Waals surface area contributed by atoms with Gasteiger partial charge in [-0.2, -0.15) is 10.2 Å². The largest absolute Gasteiger partial charge is 0.357 e. The summed E-state index contributed by atoms with van der Waals surface area (Å²) in [5.41, 5.74) is 2.82. The van der Waals surface area contributed by atoms with Crippen LogP contribution in [0.5, 0.6) is 0 Å². The van der Waals surface area contributed by atoms with Crippen LogP contribution in [-0.2, 0) is 13.5 Å². The first-order chi connectivity index (χ1) is 8.17. The molecule has 0 amide bonds. The van der Waals surface area contributed by atoms with Crippen molar-refractivity contribution in [3.8, 4) is 11.4 Å². The van der Waals surface area contributed by atoms with Crippen molar-refractivity contribution in [3.63, 3.8) is 0 Å². The van der Waals surface area contributed by atoms with E-state index in [4.69, 9.17) is 0 Å². The quantitative estimate of drug-likeness (QED) is 0.860. The zero-order chi connectivity index (χ0) is 12.4. The minimum Gasteiger partial charge on any atom is -0.357 e. The summed E-state index contributed by atoms with van der Waals surface area (Å²) < 4.78 is 1.91. The molecule has 6 nitrogen and oxygen atoms in total. The topological polar surface area (TPSA) is 68.5 Å². The lowest BCUT2D eigenvalue weighted by molar-refractivity contribution is 0.874. The van der Waals surface area contributed by atoms with Crippen LogP contribution < -0.4 is 5.32 Å². The predicted molar refractivity (Wildman–Crippen MR) is 65.7 cm³/mol. The van der Waals surface area contributed by atoms with Crippen LogP contribution in [0.4, 0.5) is 5.95 Å². The molecule has 0 bridgehead atoms. The van der Waals surface area contributed by atoms with Gasteiger partial charge in [0.1, 0.15) is 0 Å². The third-order valence-corrected chi connectivity index (χ3v) is 2.67. The molecule has 0 fully saturated rings. The van der Waals surface area contributed by atoms with Crippen molar-refractivity contribution in [1.29, 1.82) is 0 Å². The van der Waals surface area contributed by atoms with Gasteiger partial charge >= 0.3 is 0 Å². The Balaban J connectivity index is 2.58. The molecule has 0 unspecified atom stereocenters. The first-order valence-electron chi connectivity index (χ1n) is 5.58. The number of hydrogen-bond donors (Lipinski definition) is 1. The summed E-state index contributed by atoms with van der Waals surface area (Å²) >= 11 is 0. The number of nitrogens with zero attached hydrogens (tertiary/aromatic N) is 5. The smallest absolute Gasteiger partial charge is 0.224 e. The van der Waals surface area contributed by atoms with Gasteiger partial charge in [0.15, 0.2) is 5.82 Å². The molecule has 6 heteroatoms. The van der Waals surface area contributed by atoms with Crippen LogP contribution in [0.25, 0.3) is 11.4 Å². The van der Waals surface area contributed by atoms with Crippen molar-refractivity contribution in [1.82, 2.24) is 25.0 Å². The molecule has 90 valence electrons. The van der Waals surface area contributed by atoms with Gasteiger partial charge in [-0.15, -0.1) is 10.2 Å². The predicted octanol–water partition coefficient (Wildman–Crippen LogP) is 1.18. The second-order valence-electron chi connectivity index (χ2n) is 3.86. The first-order valence-corrected chi connectivity index (χ1v) is 5.58. The highest BCUT2D eigenvalue weighted by molar-refractivity contribution is 5.60. The molecule has 0 saturated heterocycles. The van der Waals surface area contributed by atoms with Gasteiger partial charge < -0.3 is 5.32 Å². The molecule has 0 aliphatic carbocycles. The number of aryl methyl sites for hydroxylation is 2. The van der Waals surface area contributed by atoms with E-state index in [-0.39, 0.29) is 0 Å². The normalized spacial score (nSPS) is 10.6. The van der Waals surface area contributed by atoms with Gasteiger partial charge in [-0.3, -0.25) is 4.57 Å². The molecule has 0 aliphatic heterocycles. The molecule has 2 aromatic heterocycles. The Morgan fingerprint density at radius 2 is 2.00 bits per heavy atom. The standard InChI is InChI=1S/C11H16N6/c1-5-9-8(6-7(2)13-14-9)10-15-16-11(12-3)17(10)4/h6H,5H2,1-4H3,(H,12,16). The van der Waals surface area contributed by atoms with E-state index >= 15 is 0 Å². The highest BCUT2D eigenvalue weighted by atomic mass is 15.3. The van der Waals surface area contributed by atoms with E-state index in [0.29, 0.717) is 0 Å². The van der Waals surface area contributed by atoms with E-state index in [9.17, 15) is 0 Å². The van der Waals surface area contributed by atoms with Gasteiger partial charge in [-0.25, -0.2) is 0 Å². The van der Waals surface area contributed by atoms with E-state index in [1.54, 1.807) is 0 Å². The number of aromatic nitrogens is 5. The molecule has 2 heterocycles. The zero-order valence-electron chi connectivity index (χ0n) is 10.5. The van der Waals surface area contributed by atoms with Gasteiger partial charge in [0, 0.05) is 19.7 Å². The van der Waals surface area contributed by atoms with E-state index in [0.717, 1.165) is 35.1 Å². The van der Waals surface area contributed by atoms with E-state index in [2.05, 4.69) is 32.6 Å². The fraction of sp³-hybridized carbons (Fsp3) is 0.455. The van der Waals surface area contributed by atoms with Crippen LogP contribution in [0.1, 0.15) is 18.3 Å². The van der Waals surface area contributed by atoms with Crippen molar-refractivity contribution < 1.29 is 0 Å². The molecule has 1 N–H and O–H groups in total. The summed E-state index contributed by atoms with van der Waals surface area (Å²) in [7, 11) is 3.75. The Bertz CT molecular complexity index is 531. The molecule has 0 aliphatic rings. The van der Waals surface area contributed by atoms with Crippen LogP contribution in [0.3, 0.4) is 0 Å². The van der Waals surface area contributed by atoms with Crippen molar-refractivity contribution in [2.75, 3.05) is 12.4 Å². The summed E-state index contributed by atoms with van der Waals surface area (Å²) in [5, 5.41) is 19.5. The summed E-state index contributed by atoms with van der Waals surface area (Å²) in [6, 6.07) is 2.00. The second-order valence-corrected chi connectivity index (χ2v) is 3.86. The molecule has 2 rings (SSSR count). The fourth-order valence-electron chi connectivity index (χ4n) is 1.75. The lowest BCUT2D eigenvalue weighted by Crippen LogP contribution is -2.03. The zero-order valence-corrected chi connectivity index (χ0v) is 10.5. The van der Waals surface area contributed by atoms with Crippen molar-refractivity contribution in [2.45, 2.75) is 20.3 Å². The molecule has 0 radical (unpaired) electrons. The second kappa shape index (κ2) is 4.48. The molecule has 0 saturated carbocycles. The van der Waals surface area contributed by atoms with Gasteiger partial charge in [-0.1, -0.05) is 6.92 Å². The average Bonchev–Trinajstić information content (AvgIpc) is 2.70. The van der Waals surface area contributed by atoms with E-state index in [1.165, 1.54) is 0 Å². The summed E-state index contributed by atoms with van der Waals surface area (Å²) in [5.74, 6) is 1.54. The van der Waals surface area contributed by atoms with Crippen LogP contribution in [-0.4, -0.2) is 32.0 Å². The third-order valence-electron chi connectivity index (χ3n) is 2.67. The molecular formula is C11H16N6.